The van der Waals surface area contributed by atoms with Crippen LogP contribution in [0.3, 0.4) is 0 Å². The van der Waals surface area contributed by atoms with Crippen LogP contribution < -0.4 is 10.6 Å². The molecule has 20 heavy (non-hydrogen) atoms. The summed E-state index contributed by atoms with van der Waals surface area (Å²) in [6, 6.07) is 7.93. The number of para-hydroxylation sites is 1. The molecule has 0 saturated carbocycles. The average molecular weight is 276 g/mol. The molecule has 1 aromatic carbocycles. The molecule has 0 aromatic heterocycles. The standard InChI is InChI=1S/C16H24N2O2/c1-2-17-12-13-7-3-4-9-15(13)18-16(19)11-14-8-5-6-10-20-14/h3-4,7,9,14,17H,2,5-6,8,10-12H2,1H3,(H,18,19). The van der Waals surface area contributed by atoms with Crippen LogP contribution in [0, 0.1) is 0 Å². The SMILES string of the molecule is CCNCc1ccccc1NC(=O)CC1CCCCO1. The van der Waals surface area contributed by atoms with Crippen molar-refractivity contribution in [2.75, 3.05) is 18.5 Å². The highest BCUT2D eigenvalue weighted by atomic mass is 16.5. The van der Waals surface area contributed by atoms with Crippen LogP contribution in [0.15, 0.2) is 24.3 Å². The highest BCUT2D eigenvalue weighted by Gasteiger charge is 2.18. The summed E-state index contributed by atoms with van der Waals surface area (Å²) in [4.78, 5) is 12.1. The van der Waals surface area contributed by atoms with Gasteiger partial charge in [0, 0.05) is 18.8 Å². The summed E-state index contributed by atoms with van der Waals surface area (Å²) in [5.41, 5.74) is 2.02. The molecule has 1 aliphatic rings. The molecule has 1 aliphatic heterocycles. The van der Waals surface area contributed by atoms with E-state index in [1.165, 1.54) is 0 Å². The number of hydrogen-bond donors (Lipinski definition) is 2. The molecular formula is C16H24N2O2. The number of carbonyl (C=O) groups is 1. The van der Waals surface area contributed by atoms with E-state index in [1.54, 1.807) is 0 Å². The number of nitrogens with one attached hydrogen (secondary N) is 2. The van der Waals surface area contributed by atoms with Crippen molar-refractivity contribution in [3.63, 3.8) is 0 Å². The third-order valence-corrected chi connectivity index (χ3v) is 3.54. The zero-order valence-corrected chi connectivity index (χ0v) is 12.2. The van der Waals surface area contributed by atoms with Crippen molar-refractivity contribution in [1.29, 1.82) is 0 Å². The Balaban J connectivity index is 1.89. The van der Waals surface area contributed by atoms with Gasteiger partial charge in [-0.25, -0.2) is 0 Å². The first-order valence-electron chi connectivity index (χ1n) is 7.49. The third kappa shape index (κ3) is 4.62. The van der Waals surface area contributed by atoms with Crippen LogP contribution in [0.4, 0.5) is 5.69 Å². The molecule has 0 spiro atoms. The number of hydrogen-bond acceptors (Lipinski definition) is 3. The molecule has 2 N–H and O–H groups in total. The Morgan fingerprint density at radius 3 is 2.95 bits per heavy atom. The summed E-state index contributed by atoms with van der Waals surface area (Å²) in [5.74, 6) is 0.0425. The summed E-state index contributed by atoms with van der Waals surface area (Å²) < 4.78 is 5.61. The lowest BCUT2D eigenvalue weighted by Gasteiger charge is -2.22. The monoisotopic (exact) mass is 276 g/mol. The summed E-state index contributed by atoms with van der Waals surface area (Å²) in [6.07, 6.45) is 3.81. The van der Waals surface area contributed by atoms with Gasteiger partial charge in [0.2, 0.25) is 5.91 Å². The predicted molar refractivity (Wildman–Crippen MR) is 80.7 cm³/mol. The number of rotatable bonds is 6. The zero-order chi connectivity index (χ0) is 14.2. The quantitative estimate of drug-likeness (QED) is 0.840. The molecule has 4 nitrogen and oxygen atoms in total. The number of carbonyl (C=O) groups excluding carboxylic acids is 1. The van der Waals surface area contributed by atoms with Gasteiger partial charge in [0.05, 0.1) is 12.5 Å². The van der Waals surface area contributed by atoms with Crippen molar-refractivity contribution in [2.45, 2.75) is 45.3 Å². The first-order chi connectivity index (χ1) is 9.79. The Bertz CT molecular complexity index is 428. The Hall–Kier alpha value is -1.39. The molecule has 1 saturated heterocycles. The molecule has 1 heterocycles. The van der Waals surface area contributed by atoms with E-state index in [9.17, 15) is 4.79 Å². The summed E-state index contributed by atoms with van der Waals surface area (Å²) in [7, 11) is 0. The highest BCUT2D eigenvalue weighted by molar-refractivity contribution is 5.91. The lowest BCUT2D eigenvalue weighted by molar-refractivity contribution is -0.119. The van der Waals surface area contributed by atoms with Gasteiger partial charge in [-0.3, -0.25) is 4.79 Å². The number of amides is 1. The Morgan fingerprint density at radius 1 is 1.35 bits per heavy atom. The predicted octanol–water partition coefficient (Wildman–Crippen LogP) is 2.69. The molecule has 0 radical (unpaired) electrons. The van der Waals surface area contributed by atoms with Gasteiger partial charge < -0.3 is 15.4 Å². The second-order valence-electron chi connectivity index (χ2n) is 5.18. The van der Waals surface area contributed by atoms with Crippen LogP contribution in [0.25, 0.3) is 0 Å². The Morgan fingerprint density at radius 2 is 2.20 bits per heavy atom. The summed E-state index contributed by atoms with van der Waals surface area (Å²) in [6.45, 7) is 4.54. The van der Waals surface area contributed by atoms with Crippen LogP contribution in [-0.2, 0) is 16.1 Å². The normalized spacial score (nSPS) is 18.8. The molecule has 1 atom stereocenters. The van der Waals surface area contributed by atoms with E-state index in [4.69, 9.17) is 4.74 Å². The van der Waals surface area contributed by atoms with E-state index in [2.05, 4.69) is 17.6 Å². The van der Waals surface area contributed by atoms with Gasteiger partial charge in [-0.05, 0) is 37.4 Å². The van der Waals surface area contributed by atoms with E-state index in [0.29, 0.717) is 6.42 Å². The zero-order valence-electron chi connectivity index (χ0n) is 12.2. The summed E-state index contributed by atoms with van der Waals surface area (Å²) >= 11 is 0. The fourth-order valence-electron chi connectivity index (χ4n) is 2.43. The van der Waals surface area contributed by atoms with Crippen molar-refractivity contribution < 1.29 is 9.53 Å². The first kappa shape index (κ1) is 15.0. The first-order valence-corrected chi connectivity index (χ1v) is 7.49. The van der Waals surface area contributed by atoms with Gasteiger partial charge in [-0.1, -0.05) is 25.1 Å². The molecule has 0 aliphatic carbocycles. The van der Waals surface area contributed by atoms with Crippen LogP contribution in [0.5, 0.6) is 0 Å². The molecule has 2 rings (SSSR count). The topological polar surface area (TPSA) is 50.4 Å². The van der Waals surface area contributed by atoms with Crippen LogP contribution >= 0.6 is 0 Å². The van der Waals surface area contributed by atoms with Gasteiger partial charge in [0.25, 0.3) is 0 Å². The van der Waals surface area contributed by atoms with Crippen LogP contribution in [0.1, 0.15) is 38.2 Å². The maximum atomic E-state index is 12.1. The van der Waals surface area contributed by atoms with Gasteiger partial charge in [-0.2, -0.15) is 0 Å². The smallest absolute Gasteiger partial charge is 0.226 e. The van der Waals surface area contributed by atoms with Crippen LogP contribution in [-0.4, -0.2) is 25.2 Å². The van der Waals surface area contributed by atoms with Gasteiger partial charge >= 0.3 is 0 Å². The van der Waals surface area contributed by atoms with Crippen molar-refractivity contribution in [1.82, 2.24) is 5.32 Å². The molecule has 4 heteroatoms. The minimum Gasteiger partial charge on any atom is -0.378 e. The van der Waals surface area contributed by atoms with Gasteiger partial charge in [-0.15, -0.1) is 0 Å². The Kier molecular flexibility index (Phi) is 6.02. The van der Waals surface area contributed by atoms with E-state index in [1.807, 2.05) is 24.3 Å². The summed E-state index contributed by atoms with van der Waals surface area (Å²) in [5, 5.41) is 6.29. The molecule has 110 valence electrons. The van der Waals surface area contributed by atoms with Crippen molar-refractivity contribution in [2.24, 2.45) is 0 Å². The van der Waals surface area contributed by atoms with Crippen molar-refractivity contribution in [3.05, 3.63) is 29.8 Å². The number of ether oxygens (including phenoxy) is 1. The average Bonchev–Trinajstić information content (AvgIpc) is 2.47. The molecule has 1 fully saturated rings. The fraction of sp³-hybridized carbons (Fsp3) is 0.562. The maximum Gasteiger partial charge on any atom is 0.226 e. The van der Waals surface area contributed by atoms with Crippen LogP contribution in [0.2, 0.25) is 0 Å². The largest absolute Gasteiger partial charge is 0.378 e. The van der Waals surface area contributed by atoms with E-state index >= 15 is 0 Å². The minimum atomic E-state index is 0.0425. The lowest BCUT2D eigenvalue weighted by Crippen LogP contribution is -2.26. The van der Waals surface area contributed by atoms with Crippen molar-refractivity contribution in [3.8, 4) is 0 Å². The second kappa shape index (κ2) is 8.02. The highest BCUT2D eigenvalue weighted by Crippen LogP contribution is 2.18. The lowest BCUT2D eigenvalue weighted by atomic mass is 10.1. The van der Waals surface area contributed by atoms with E-state index < -0.39 is 0 Å². The molecule has 1 aromatic rings. The van der Waals surface area contributed by atoms with Gasteiger partial charge in [0.1, 0.15) is 0 Å². The van der Waals surface area contributed by atoms with Crippen molar-refractivity contribution >= 4 is 11.6 Å². The van der Waals surface area contributed by atoms with E-state index in [0.717, 1.165) is 50.2 Å². The Labute approximate surface area is 120 Å². The number of benzene rings is 1. The fourth-order valence-corrected chi connectivity index (χ4v) is 2.43. The molecule has 1 unspecified atom stereocenters. The van der Waals surface area contributed by atoms with Gasteiger partial charge in [0.15, 0.2) is 0 Å². The second-order valence-corrected chi connectivity index (χ2v) is 5.18. The minimum absolute atomic E-state index is 0.0425. The molecule has 0 bridgehead atoms. The molecule has 1 amide bonds. The number of anilines is 1. The molecular weight excluding hydrogens is 252 g/mol. The third-order valence-electron chi connectivity index (χ3n) is 3.54. The van der Waals surface area contributed by atoms with E-state index in [-0.39, 0.29) is 12.0 Å². The maximum absolute atomic E-state index is 12.1.